The smallest absolute Gasteiger partial charge is 0.399 e. The molecule has 0 aromatic heterocycles. The van der Waals surface area contributed by atoms with Crippen LogP contribution in [0.4, 0.5) is 17.1 Å². The molecule has 7 nitrogen and oxygen atoms in total. The number of nitrogen functional groups attached to an aromatic ring is 3. The highest BCUT2D eigenvalue weighted by Crippen LogP contribution is 2.25. The maximum atomic E-state index is 8.88. The van der Waals surface area contributed by atoms with Gasteiger partial charge in [0.2, 0.25) is 0 Å². The fraction of sp³-hybridized carbons (Fsp3) is 0. The molecule has 0 radical (unpaired) electrons. The van der Waals surface area contributed by atoms with Gasteiger partial charge in [0.05, 0.1) is 11.4 Å². The lowest BCUT2D eigenvalue weighted by Gasteiger charge is -1.98. The average Bonchev–Trinajstić information content (AvgIpc) is 1.94. The summed E-state index contributed by atoms with van der Waals surface area (Å²) < 4.78 is 8.88. The number of anilines is 3. The van der Waals surface area contributed by atoms with Gasteiger partial charge in [0.15, 0.2) is 0 Å². The van der Waals surface area contributed by atoms with Crippen LogP contribution in [0.1, 0.15) is 0 Å². The molecule has 0 aliphatic carbocycles. The summed E-state index contributed by atoms with van der Waals surface area (Å²) in [4.78, 5) is 21.6. The number of nitrogens with two attached hydrogens (primary N) is 3. The van der Waals surface area contributed by atoms with Crippen LogP contribution in [-0.2, 0) is 4.57 Å². The zero-order chi connectivity index (χ0) is 11.4. The van der Waals surface area contributed by atoms with Crippen molar-refractivity contribution in [2.24, 2.45) is 0 Å². The van der Waals surface area contributed by atoms with Crippen LogP contribution in [0, 0.1) is 0 Å². The second-order valence-corrected chi connectivity index (χ2v) is 3.43. The first-order chi connectivity index (χ1) is 6.20. The molecule has 0 heterocycles. The topological polar surface area (TPSA) is 156 Å². The molecular formula is C6H12N3O4P. The van der Waals surface area contributed by atoms with E-state index in [1.807, 2.05) is 0 Å². The van der Waals surface area contributed by atoms with Gasteiger partial charge in [0.1, 0.15) is 0 Å². The largest absolute Gasteiger partial charge is 0.466 e. The number of hydrogen-bond donors (Lipinski definition) is 6. The van der Waals surface area contributed by atoms with Gasteiger partial charge in [-0.25, -0.2) is 4.57 Å². The van der Waals surface area contributed by atoms with Crippen molar-refractivity contribution in [2.75, 3.05) is 17.2 Å². The molecule has 0 bridgehead atoms. The number of hydrogen-bond acceptors (Lipinski definition) is 4. The van der Waals surface area contributed by atoms with Gasteiger partial charge in [0, 0.05) is 5.69 Å². The predicted molar refractivity (Wildman–Crippen MR) is 53.9 cm³/mol. The predicted octanol–water partition coefficient (Wildman–Crippen LogP) is -0.495. The van der Waals surface area contributed by atoms with Gasteiger partial charge in [-0.05, 0) is 18.2 Å². The molecular weight excluding hydrogens is 209 g/mol. The highest BCUT2D eigenvalue weighted by Gasteiger charge is 2.00. The fourth-order valence-electron chi connectivity index (χ4n) is 0.593. The summed E-state index contributed by atoms with van der Waals surface area (Å²) in [7, 11) is -4.64. The molecule has 0 amide bonds. The number of benzene rings is 1. The molecule has 0 unspecified atom stereocenters. The third kappa shape index (κ3) is 7.38. The molecule has 14 heavy (non-hydrogen) atoms. The highest BCUT2D eigenvalue weighted by atomic mass is 31.2. The van der Waals surface area contributed by atoms with E-state index < -0.39 is 7.82 Å². The van der Waals surface area contributed by atoms with Gasteiger partial charge in [-0.15, -0.1) is 0 Å². The maximum absolute atomic E-state index is 8.88. The lowest BCUT2D eigenvalue weighted by atomic mass is 10.2. The van der Waals surface area contributed by atoms with E-state index >= 15 is 0 Å². The van der Waals surface area contributed by atoms with Crippen LogP contribution in [-0.4, -0.2) is 14.7 Å². The van der Waals surface area contributed by atoms with E-state index in [-0.39, 0.29) is 0 Å². The van der Waals surface area contributed by atoms with E-state index in [1.165, 1.54) is 0 Å². The number of phosphoric acid groups is 1. The lowest BCUT2D eigenvalue weighted by Crippen LogP contribution is -1.95. The van der Waals surface area contributed by atoms with Crippen molar-refractivity contribution in [3.8, 4) is 0 Å². The Balaban J connectivity index is 0.000000292. The molecule has 0 spiro atoms. The van der Waals surface area contributed by atoms with E-state index in [2.05, 4.69) is 0 Å². The van der Waals surface area contributed by atoms with E-state index in [4.69, 9.17) is 36.4 Å². The first kappa shape index (κ1) is 12.7. The molecule has 0 aliphatic heterocycles. The minimum atomic E-state index is -4.64. The monoisotopic (exact) mass is 221 g/mol. The third-order valence-electron chi connectivity index (χ3n) is 1.11. The molecule has 1 rings (SSSR count). The van der Waals surface area contributed by atoms with Crippen molar-refractivity contribution in [3.63, 3.8) is 0 Å². The maximum Gasteiger partial charge on any atom is 0.466 e. The zero-order valence-corrected chi connectivity index (χ0v) is 8.06. The minimum Gasteiger partial charge on any atom is -0.399 e. The second-order valence-electron chi connectivity index (χ2n) is 2.40. The van der Waals surface area contributed by atoms with E-state index in [1.54, 1.807) is 18.2 Å². The Morgan fingerprint density at radius 1 is 1.00 bits per heavy atom. The van der Waals surface area contributed by atoms with Crippen molar-refractivity contribution in [1.82, 2.24) is 0 Å². The van der Waals surface area contributed by atoms with Crippen molar-refractivity contribution in [3.05, 3.63) is 18.2 Å². The Kier molecular flexibility index (Phi) is 4.39. The van der Waals surface area contributed by atoms with Gasteiger partial charge in [-0.1, -0.05) is 0 Å². The van der Waals surface area contributed by atoms with E-state index in [0.29, 0.717) is 17.1 Å². The highest BCUT2D eigenvalue weighted by molar-refractivity contribution is 7.45. The number of rotatable bonds is 0. The Morgan fingerprint density at radius 3 is 1.71 bits per heavy atom. The molecule has 8 heteroatoms. The zero-order valence-electron chi connectivity index (χ0n) is 7.16. The van der Waals surface area contributed by atoms with Crippen LogP contribution in [0.3, 0.4) is 0 Å². The summed E-state index contributed by atoms with van der Waals surface area (Å²) in [5.74, 6) is 0. The van der Waals surface area contributed by atoms with Crippen LogP contribution in [0.5, 0.6) is 0 Å². The van der Waals surface area contributed by atoms with Crippen molar-refractivity contribution in [2.45, 2.75) is 0 Å². The quantitative estimate of drug-likeness (QED) is 0.255. The second kappa shape index (κ2) is 4.83. The summed E-state index contributed by atoms with van der Waals surface area (Å²) in [6, 6.07) is 5.03. The van der Waals surface area contributed by atoms with Crippen LogP contribution in [0.25, 0.3) is 0 Å². The van der Waals surface area contributed by atoms with Crippen molar-refractivity contribution >= 4 is 24.9 Å². The molecule has 80 valence electrons. The summed E-state index contributed by atoms with van der Waals surface area (Å²) in [5, 5.41) is 0. The van der Waals surface area contributed by atoms with Crippen molar-refractivity contribution in [1.29, 1.82) is 0 Å². The summed E-state index contributed by atoms with van der Waals surface area (Å²) in [5.41, 5.74) is 18.0. The Labute approximate surface area is 80.4 Å². The first-order valence-corrected chi connectivity index (χ1v) is 4.95. The Morgan fingerprint density at radius 2 is 1.43 bits per heavy atom. The van der Waals surface area contributed by atoms with E-state index in [0.717, 1.165) is 0 Å². The first-order valence-electron chi connectivity index (χ1n) is 3.39. The summed E-state index contributed by atoms with van der Waals surface area (Å²) in [6.07, 6.45) is 0. The third-order valence-corrected chi connectivity index (χ3v) is 1.11. The minimum absolute atomic E-state index is 0.537. The van der Waals surface area contributed by atoms with Gasteiger partial charge < -0.3 is 31.9 Å². The van der Waals surface area contributed by atoms with E-state index in [9.17, 15) is 0 Å². The summed E-state index contributed by atoms with van der Waals surface area (Å²) in [6.45, 7) is 0. The standard InChI is InChI=1S/C6H9N3.H3O4P/c7-4-1-2-5(8)6(9)3-4;1-5(2,3)4/h1-3H,7-9H2;(H3,1,2,3,4). The molecule has 1 aromatic rings. The molecule has 0 saturated carbocycles. The van der Waals surface area contributed by atoms with Crippen LogP contribution < -0.4 is 17.2 Å². The SMILES string of the molecule is Nc1ccc(N)c(N)c1.O=P(O)(O)O. The molecule has 0 fully saturated rings. The van der Waals surface area contributed by atoms with Crippen LogP contribution in [0.15, 0.2) is 18.2 Å². The fourth-order valence-corrected chi connectivity index (χ4v) is 0.593. The van der Waals surface area contributed by atoms with Crippen molar-refractivity contribution < 1.29 is 19.2 Å². The van der Waals surface area contributed by atoms with Gasteiger partial charge in [0.25, 0.3) is 0 Å². The Hall–Kier alpha value is -1.27. The molecule has 9 N–H and O–H groups in total. The molecule has 1 aromatic carbocycles. The molecule has 0 atom stereocenters. The van der Waals surface area contributed by atoms with Crippen LogP contribution >= 0.6 is 7.82 Å². The molecule has 0 saturated heterocycles. The average molecular weight is 221 g/mol. The molecule has 0 aliphatic rings. The summed E-state index contributed by atoms with van der Waals surface area (Å²) >= 11 is 0. The van der Waals surface area contributed by atoms with Crippen LogP contribution in [0.2, 0.25) is 0 Å². The normalized spacial score (nSPS) is 10.2. The van der Waals surface area contributed by atoms with Gasteiger partial charge >= 0.3 is 7.82 Å². The van der Waals surface area contributed by atoms with Gasteiger partial charge in [-0.2, -0.15) is 0 Å². The Bertz CT molecular complexity index is 343. The lowest BCUT2D eigenvalue weighted by molar-refractivity contribution is 0.275. The van der Waals surface area contributed by atoms with Gasteiger partial charge in [-0.3, -0.25) is 0 Å².